The molecule has 5 heterocycles. The first-order chi connectivity index (χ1) is 17.5. The second kappa shape index (κ2) is 11.0. The molecule has 2 atom stereocenters. The molecule has 5 rings (SSSR count). The lowest BCUT2D eigenvalue weighted by Crippen LogP contribution is -2.46. The number of anilines is 3. The topological polar surface area (TPSA) is 114 Å². The van der Waals surface area contributed by atoms with Gasteiger partial charge in [0.15, 0.2) is 5.82 Å². The van der Waals surface area contributed by atoms with Crippen LogP contribution in [0.25, 0.3) is 10.9 Å². The van der Waals surface area contributed by atoms with E-state index < -0.39 is 6.10 Å². The molecule has 36 heavy (non-hydrogen) atoms. The minimum Gasteiger partial charge on any atom is -0.395 e. The zero-order valence-electron chi connectivity index (χ0n) is 21.1. The summed E-state index contributed by atoms with van der Waals surface area (Å²) in [5, 5.41) is 23.4. The number of β-amino-alcohol motifs (C(OH)–C–C–N with tert-alkyl or cyclic N) is 1. The number of fused-ring (bicyclic) bond motifs is 1. The van der Waals surface area contributed by atoms with Crippen LogP contribution in [0.5, 0.6) is 0 Å². The monoisotopic (exact) mass is 492 g/mol. The smallest absolute Gasteiger partial charge is 0.229 e. The zero-order valence-corrected chi connectivity index (χ0v) is 21.1. The molecule has 1 unspecified atom stereocenters. The van der Waals surface area contributed by atoms with Crippen LogP contribution >= 0.6 is 0 Å². The van der Waals surface area contributed by atoms with Crippen molar-refractivity contribution in [1.29, 1.82) is 0 Å². The SMILES string of the molecule is CC(O)c1cc2cnc(Nc3ccc(CN4CCN(CCO)CC4)cn3)nc2c(N2CC[C@H](C)C2)n1. The van der Waals surface area contributed by atoms with Crippen LogP contribution in [-0.4, -0.2) is 92.4 Å². The quantitative estimate of drug-likeness (QED) is 0.432. The average molecular weight is 493 g/mol. The Bertz CT molecular complexity index is 1160. The van der Waals surface area contributed by atoms with Crippen molar-refractivity contribution in [2.75, 3.05) is 62.6 Å². The van der Waals surface area contributed by atoms with Gasteiger partial charge < -0.3 is 20.4 Å². The third-order valence-electron chi connectivity index (χ3n) is 7.07. The molecule has 3 N–H and O–H groups in total. The first-order valence-electron chi connectivity index (χ1n) is 12.9. The van der Waals surface area contributed by atoms with E-state index in [2.05, 4.69) is 43.0 Å². The summed E-state index contributed by atoms with van der Waals surface area (Å²) in [6.07, 6.45) is 4.15. The van der Waals surface area contributed by atoms with Gasteiger partial charge >= 0.3 is 0 Å². The summed E-state index contributed by atoms with van der Waals surface area (Å²) >= 11 is 0. The van der Waals surface area contributed by atoms with E-state index in [4.69, 9.17) is 15.1 Å². The highest BCUT2D eigenvalue weighted by atomic mass is 16.3. The lowest BCUT2D eigenvalue weighted by atomic mass is 10.2. The molecule has 2 aliphatic heterocycles. The third kappa shape index (κ3) is 5.73. The number of rotatable bonds is 8. The maximum Gasteiger partial charge on any atom is 0.229 e. The second-order valence-corrected chi connectivity index (χ2v) is 10.0. The van der Waals surface area contributed by atoms with Gasteiger partial charge in [0, 0.05) is 70.1 Å². The van der Waals surface area contributed by atoms with Crippen molar-refractivity contribution in [3.05, 3.63) is 41.9 Å². The standard InChI is InChI=1S/C26H36N8O2/c1-18-5-6-34(16-18)25-24-21(13-22(29-25)19(2)36)15-28-26(31-24)30-23-4-3-20(14-27-23)17-33-9-7-32(8-10-33)11-12-35/h3-4,13-15,18-19,35-36H,5-12,16-17H2,1-2H3,(H,27,28,30,31)/t18-,19?/m0/s1. The first-order valence-corrected chi connectivity index (χ1v) is 12.9. The highest BCUT2D eigenvalue weighted by Crippen LogP contribution is 2.31. The van der Waals surface area contributed by atoms with Crippen molar-refractivity contribution in [1.82, 2.24) is 29.7 Å². The summed E-state index contributed by atoms with van der Waals surface area (Å²) in [4.78, 5) is 25.6. The van der Waals surface area contributed by atoms with E-state index in [1.165, 1.54) is 0 Å². The van der Waals surface area contributed by atoms with Crippen LogP contribution in [0.4, 0.5) is 17.6 Å². The van der Waals surface area contributed by atoms with Gasteiger partial charge in [-0.2, -0.15) is 0 Å². The molecule has 0 radical (unpaired) electrons. The molecule has 3 aromatic heterocycles. The fourth-order valence-electron chi connectivity index (χ4n) is 4.94. The molecule has 10 nitrogen and oxygen atoms in total. The predicted molar refractivity (Wildman–Crippen MR) is 140 cm³/mol. The number of nitrogens with zero attached hydrogens (tertiary/aromatic N) is 7. The van der Waals surface area contributed by atoms with Crippen LogP contribution in [0.2, 0.25) is 0 Å². The van der Waals surface area contributed by atoms with Crippen LogP contribution in [0, 0.1) is 5.92 Å². The number of piperazine rings is 1. The molecule has 3 aromatic rings. The van der Waals surface area contributed by atoms with Crippen molar-refractivity contribution >= 4 is 28.5 Å². The largest absolute Gasteiger partial charge is 0.395 e. The third-order valence-corrected chi connectivity index (χ3v) is 7.07. The molecule has 0 saturated carbocycles. The molecule has 0 bridgehead atoms. The molecule has 2 saturated heterocycles. The van der Waals surface area contributed by atoms with Crippen molar-refractivity contribution in [2.45, 2.75) is 32.9 Å². The molecule has 2 fully saturated rings. The number of nitrogens with one attached hydrogen (secondary N) is 1. The summed E-state index contributed by atoms with van der Waals surface area (Å²) in [6.45, 7) is 11.6. The Balaban J connectivity index is 1.29. The van der Waals surface area contributed by atoms with E-state index in [9.17, 15) is 5.11 Å². The van der Waals surface area contributed by atoms with Crippen LogP contribution in [-0.2, 0) is 6.54 Å². The fraction of sp³-hybridized carbons (Fsp3) is 0.538. The van der Waals surface area contributed by atoms with Gasteiger partial charge in [-0.1, -0.05) is 13.0 Å². The Morgan fingerprint density at radius 2 is 1.86 bits per heavy atom. The van der Waals surface area contributed by atoms with Gasteiger partial charge in [-0.15, -0.1) is 0 Å². The van der Waals surface area contributed by atoms with E-state index in [0.717, 1.165) is 81.1 Å². The number of aromatic nitrogens is 4. The maximum atomic E-state index is 10.2. The van der Waals surface area contributed by atoms with Crippen molar-refractivity contribution in [3.63, 3.8) is 0 Å². The lowest BCUT2D eigenvalue weighted by Gasteiger charge is -2.34. The maximum absolute atomic E-state index is 10.2. The molecule has 192 valence electrons. The summed E-state index contributed by atoms with van der Waals surface area (Å²) in [5.41, 5.74) is 2.58. The Labute approximate surface area is 212 Å². The fourth-order valence-corrected chi connectivity index (χ4v) is 4.94. The molecule has 0 spiro atoms. The van der Waals surface area contributed by atoms with Crippen LogP contribution in [0.15, 0.2) is 30.6 Å². The van der Waals surface area contributed by atoms with Crippen molar-refractivity contribution in [2.24, 2.45) is 5.92 Å². The highest BCUT2D eigenvalue weighted by Gasteiger charge is 2.24. The number of hydrogen-bond donors (Lipinski definition) is 3. The molecule has 10 heteroatoms. The first kappa shape index (κ1) is 24.8. The second-order valence-electron chi connectivity index (χ2n) is 10.0. The predicted octanol–water partition coefficient (Wildman–Crippen LogP) is 2.17. The van der Waals surface area contributed by atoms with Gasteiger partial charge in [0.1, 0.15) is 11.3 Å². The number of aliphatic hydroxyl groups excluding tert-OH is 2. The van der Waals surface area contributed by atoms with Crippen LogP contribution in [0.3, 0.4) is 0 Å². The Hall–Kier alpha value is -2.92. The van der Waals surface area contributed by atoms with Gasteiger partial charge in [-0.3, -0.25) is 9.80 Å². The van der Waals surface area contributed by atoms with E-state index in [1.807, 2.05) is 18.3 Å². The van der Waals surface area contributed by atoms with Gasteiger partial charge in [0.05, 0.1) is 18.4 Å². The molecule has 0 aromatic carbocycles. The minimum atomic E-state index is -0.655. The number of hydrogen-bond acceptors (Lipinski definition) is 10. The molecule has 0 amide bonds. The van der Waals surface area contributed by atoms with Crippen LogP contribution in [0.1, 0.15) is 37.6 Å². The van der Waals surface area contributed by atoms with Gasteiger partial charge in [0.2, 0.25) is 5.95 Å². The van der Waals surface area contributed by atoms with Gasteiger partial charge in [-0.25, -0.2) is 19.9 Å². The van der Waals surface area contributed by atoms with E-state index in [-0.39, 0.29) is 6.61 Å². The van der Waals surface area contributed by atoms with Crippen LogP contribution < -0.4 is 10.2 Å². The normalized spacial score (nSPS) is 20.2. The molecular weight excluding hydrogens is 456 g/mol. The van der Waals surface area contributed by atoms with Gasteiger partial charge in [-0.05, 0) is 37.0 Å². The lowest BCUT2D eigenvalue weighted by molar-refractivity contribution is 0.108. The number of aliphatic hydroxyl groups is 2. The summed E-state index contributed by atoms with van der Waals surface area (Å²) in [5.74, 6) is 2.57. The Kier molecular flexibility index (Phi) is 7.56. The Morgan fingerprint density at radius 3 is 2.53 bits per heavy atom. The average Bonchev–Trinajstić information content (AvgIpc) is 3.32. The zero-order chi connectivity index (χ0) is 25.1. The molecule has 2 aliphatic rings. The summed E-state index contributed by atoms with van der Waals surface area (Å²) in [6, 6.07) is 5.91. The summed E-state index contributed by atoms with van der Waals surface area (Å²) in [7, 11) is 0. The summed E-state index contributed by atoms with van der Waals surface area (Å²) < 4.78 is 0. The van der Waals surface area contributed by atoms with E-state index >= 15 is 0 Å². The van der Waals surface area contributed by atoms with E-state index in [0.29, 0.717) is 23.4 Å². The van der Waals surface area contributed by atoms with Crippen molar-refractivity contribution in [3.8, 4) is 0 Å². The van der Waals surface area contributed by atoms with Crippen molar-refractivity contribution < 1.29 is 10.2 Å². The van der Waals surface area contributed by atoms with Gasteiger partial charge in [0.25, 0.3) is 0 Å². The number of pyridine rings is 2. The highest BCUT2D eigenvalue weighted by molar-refractivity contribution is 5.89. The molecule has 0 aliphatic carbocycles. The minimum absolute atomic E-state index is 0.220. The molecular formula is C26H36N8O2. The Morgan fingerprint density at radius 1 is 1.06 bits per heavy atom. The van der Waals surface area contributed by atoms with E-state index in [1.54, 1.807) is 13.1 Å².